The number of aryl methyl sites for hydroxylation is 1. The molecule has 3 aromatic rings. The van der Waals surface area contributed by atoms with Crippen LogP contribution in [0.1, 0.15) is 24.6 Å². The Hall–Kier alpha value is -2.73. The minimum Gasteiger partial charge on any atom is -0.481 e. The van der Waals surface area contributed by atoms with Crippen molar-refractivity contribution in [3.05, 3.63) is 71.0 Å². The van der Waals surface area contributed by atoms with Gasteiger partial charge < -0.3 is 10.1 Å². The van der Waals surface area contributed by atoms with Crippen LogP contribution in [-0.4, -0.2) is 17.0 Å². The summed E-state index contributed by atoms with van der Waals surface area (Å²) in [5.41, 5.74) is 3.07. The van der Waals surface area contributed by atoms with Gasteiger partial charge in [0.25, 0.3) is 5.91 Å². The first-order chi connectivity index (χ1) is 13.0. The maximum absolute atomic E-state index is 13.0. The van der Waals surface area contributed by atoms with Gasteiger partial charge in [0.1, 0.15) is 16.6 Å². The zero-order valence-corrected chi connectivity index (χ0v) is 16.1. The first-order valence-corrected chi connectivity index (χ1v) is 9.64. The number of hydrogen-bond acceptors (Lipinski definition) is 4. The van der Waals surface area contributed by atoms with E-state index in [1.165, 1.54) is 29.8 Å². The Morgan fingerprint density at radius 3 is 2.56 bits per heavy atom. The van der Waals surface area contributed by atoms with E-state index in [-0.39, 0.29) is 11.7 Å². The smallest absolute Gasteiger partial charge is 0.261 e. The van der Waals surface area contributed by atoms with Gasteiger partial charge in [-0.2, -0.15) is 0 Å². The van der Waals surface area contributed by atoms with Crippen LogP contribution in [0.4, 0.5) is 4.39 Å². The number of halogens is 1. The van der Waals surface area contributed by atoms with E-state index < -0.39 is 6.10 Å². The minimum absolute atomic E-state index is 0.216. The zero-order valence-electron chi connectivity index (χ0n) is 15.2. The quantitative estimate of drug-likeness (QED) is 0.641. The fraction of sp³-hybridized carbons (Fsp3) is 0.238. The van der Waals surface area contributed by atoms with Gasteiger partial charge in [0.2, 0.25) is 0 Å². The molecular formula is C21H21FN2O2S. The van der Waals surface area contributed by atoms with Gasteiger partial charge in [0.15, 0.2) is 6.10 Å². The van der Waals surface area contributed by atoms with E-state index in [1.807, 2.05) is 31.4 Å². The highest BCUT2D eigenvalue weighted by Gasteiger charge is 2.18. The van der Waals surface area contributed by atoms with E-state index >= 15 is 0 Å². The van der Waals surface area contributed by atoms with Gasteiger partial charge in [0.05, 0.1) is 12.2 Å². The summed E-state index contributed by atoms with van der Waals surface area (Å²) in [5, 5.41) is 5.73. The Balaban J connectivity index is 1.57. The summed E-state index contributed by atoms with van der Waals surface area (Å²) in [6.45, 7) is 4.25. The minimum atomic E-state index is -0.634. The number of hydrogen-bond donors (Lipinski definition) is 1. The fourth-order valence-electron chi connectivity index (χ4n) is 2.51. The predicted molar refractivity (Wildman–Crippen MR) is 105 cm³/mol. The van der Waals surface area contributed by atoms with Crippen molar-refractivity contribution in [2.45, 2.75) is 32.9 Å². The maximum Gasteiger partial charge on any atom is 0.261 e. The SMILES string of the molecule is CCC(Oc1ccc(F)cc1)C(=O)NCc1csc(-c2ccc(C)cc2)n1. The van der Waals surface area contributed by atoms with Gasteiger partial charge in [-0.15, -0.1) is 11.3 Å². The Kier molecular flexibility index (Phi) is 6.19. The van der Waals surface area contributed by atoms with Gasteiger partial charge in [0, 0.05) is 10.9 Å². The zero-order chi connectivity index (χ0) is 19.2. The largest absolute Gasteiger partial charge is 0.481 e. The molecule has 1 N–H and O–H groups in total. The third-order valence-electron chi connectivity index (χ3n) is 4.05. The lowest BCUT2D eigenvalue weighted by Crippen LogP contribution is -2.37. The molecular weight excluding hydrogens is 363 g/mol. The van der Waals surface area contributed by atoms with Crippen LogP contribution >= 0.6 is 11.3 Å². The van der Waals surface area contributed by atoms with Crippen molar-refractivity contribution in [3.8, 4) is 16.3 Å². The van der Waals surface area contributed by atoms with Gasteiger partial charge >= 0.3 is 0 Å². The second-order valence-corrected chi connectivity index (χ2v) is 7.05. The number of carbonyl (C=O) groups is 1. The summed E-state index contributed by atoms with van der Waals surface area (Å²) in [5.74, 6) is -0.0896. The van der Waals surface area contributed by atoms with Crippen LogP contribution in [0.2, 0.25) is 0 Å². The number of thiazole rings is 1. The van der Waals surface area contributed by atoms with Crippen molar-refractivity contribution >= 4 is 17.2 Å². The summed E-state index contributed by atoms with van der Waals surface area (Å²) >= 11 is 1.55. The Bertz CT molecular complexity index is 891. The molecule has 0 saturated heterocycles. The third kappa shape index (κ3) is 5.14. The third-order valence-corrected chi connectivity index (χ3v) is 4.99. The van der Waals surface area contributed by atoms with E-state index in [1.54, 1.807) is 11.3 Å². The molecule has 0 aliphatic rings. The number of benzene rings is 2. The predicted octanol–water partition coefficient (Wildman–Crippen LogP) is 4.73. The molecule has 27 heavy (non-hydrogen) atoms. The standard InChI is InChI=1S/C21H21FN2O2S/c1-3-19(26-18-10-8-16(22)9-11-18)20(25)23-12-17-13-27-21(24-17)15-6-4-14(2)5-7-15/h4-11,13,19H,3,12H2,1-2H3,(H,23,25). The summed E-state index contributed by atoms with van der Waals surface area (Å²) in [6.07, 6.45) is -0.125. The molecule has 0 fully saturated rings. The molecule has 1 atom stereocenters. The summed E-state index contributed by atoms with van der Waals surface area (Å²) in [7, 11) is 0. The van der Waals surface area contributed by atoms with Gasteiger partial charge in [-0.05, 0) is 37.6 Å². The number of ether oxygens (including phenoxy) is 1. The van der Waals surface area contributed by atoms with Crippen LogP contribution < -0.4 is 10.1 Å². The highest BCUT2D eigenvalue weighted by Crippen LogP contribution is 2.24. The highest BCUT2D eigenvalue weighted by atomic mass is 32.1. The van der Waals surface area contributed by atoms with Gasteiger partial charge in [-0.1, -0.05) is 36.8 Å². The molecule has 0 aliphatic heterocycles. The van der Waals surface area contributed by atoms with Crippen molar-refractivity contribution in [3.63, 3.8) is 0 Å². The highest BCUT2D eigenvalue weighted by molar-refractivity contribution is 7.13. The van der Waals surface area contributed by atoms with Crippen LogP contribution in [0.15, 0.2) is 53.9 Å². The number of nitrogens with zero attached hydrogens (tertiary/aromatic N) is 1. The molecule has 1 aromatic heterocycles. The number of carbonyl (C=O) groups excluding carboxylic acids is 1. The normalized spacial score (nSPS) is 11.8. The van der Waals surface area contributed by atoms with Crippen molar-refractivity contribution in [1.29, 1.82) is 0 Å². The van der Waals surface area contributed by atoms with Crippen molar-refractivity contribution in [1.82, 2.24) is 10.3 Å². The van der Waals surface area contributed by atoms with Crippen LogP contribution in [0.5, 0.6) is 5.75 Å². The molecule has 4 nitrogen and oxygen atoms in total. The number of aromatic nitrogens is 1. The summed E-state index contributed by atoms with van der Waals surface area (Å²) in [4.78, 5) is 17.0. The van der Waals surface area contributed by atoms with Crippen LogP contribution in [0, 0.1) is 12.7 Å². The van der Waals surface area contributed by atoms with E-state index in [4.69, 9.17) is 4.74 Å². The average molecular weight is 384 g/mol. The molecule has 1 unspecified atom stereocenters. The second kappa shape index (κ2) is 8.77. The lowest BCUT2D eigenvalue weighted by molar-refractivity contribution is -0.128. The lowest BCUT2D eigenvalue weighted by atomic mass is 10.2. The lowest BCUT2D eigenvalue weighted by Gasteiger charge is -2.17. The monoisotopic (exact) mass is 384 g/mol. The topological polar surface area (TPSA) is 51.2 Å². The molecule has 0 aliphatic carbocycles. The first-order valence-electron chi connectivity index (χ1n) is 8.76. The molecule has 140 valence electrons. The van der Waals surface area contributed by atoms with E-state index in [2.05, 4.69) is 22.4 Å². The fourth-order valence-corrected chi connectivity index (χ4v) is 3.33. The molecule has 1 amide bonds. The Morgan fingerprint density at radius 2 is 1.89 bits per heavy atom. The van der Waals surface area contributed by atoms with E-state index in [9.17, 15) is 9.18 Å². The van der Waals surface area contributed by atoms with Crippen molar-refractivity contribution in [2.75, 3.05) is 0 Å². The van der Waals surface area contributed by atoms with Crippen LogP contribution in [0.3, 0.4) is 0 Å². The number of amides is 1. The molecule has 2 aromatic carbocycles. The van der Waals surface area contributed by atoms with Crippen molar-refractivity contribution in [2.24, 2.45) is 0 Å². The molecule has 0 radical (unpaired) electrons. The maximum atomic E-state index is 13.0. The van der Waals surface area contributed by atoms with E-state index in [0.717, 1.165) is 16.3 Å². The van der Waals surface area contributed by atoms with Crippen molar-refractivity contribution < 1.29 is 13.9 Å². The van der Waals surface area contributed by atoms with Crippen LogP contribution in [-0.2, 0) is 11.3 Å². The van der Waals surface area contributed by atoms with Crippen LogP contribution in [0.25, 0.3) is 10.6 Å². The Morgan fingerprint density at radius 1 is 1.19 bits per heavy atom. The van der Waals surface area contributed by atoms with E-state index in [0.29, 0.717) is 18.7 Å². The molecule has 0 spiro atoms. The van der Waals surface area contributed by atoms with Gasteiger partial charge in [-0.3, -0.25) is 4.79 Å². The molecule has 0 saturated carbocycles. The molecule has 6 heteroatoms. The molecule has 0 bridgehead atoms. The second-order valence-electron chi connectivity index (χ2n) is 6.20. The molecule has 1 heterocycles. The first kappa shape index (κ1) is 19.0. The average Bonchev–Trinajstić information content (AvgIpc) is 3.15. The Labute approximate surface area is 162 Å². The summed E-state index contributed by atoms with van der Waals surface area (Å²) < 4.78 is 18.6. The number of rotatable bonds is 7. The number of nitrogens with one attached hydrogen (secondary N) is 1. The summed E-state index contributed by atoms with van der Waals surface area (Å²) in [6, 6.07) is 13.8. The molecule has 3 rings (SSSR count). The van der Waals surface area contributed by atoms with Gasteiger partial charge in [-0.25, -0.2) is 9.37 Å².